The van der Waals surface area contributed by atoms with E-state index in [2.05, 4.69) is 0 Å². The first-order valence-corrected chi connectivity index (χ1v) is 5.12. The van der Waals surface area contributed by atoms with Crippen molar-refractivity contribution in [2.75, 3.05) is 13.2 Å². The summed E-state index contributed by atoms with van der Waals surface area (Å²) in [4.78, 5) is 0. The summed E-state index contributed by atoms with van der Waals surface area (Å²) < 4.78 is 5.72. The summed E-state index contributed by atoms with van der Waals surface area (Å²) in [5.74, 6) is 3.02. The maximum atomic E-state index is 9.20. The minimum Gasteiger partial charge on any atom is -0.396 e. The van der Waals surface area contributed by atoms with Gasteiger partial charge in [-0.1, -0.05) is 0 Å². The lowest BCUT2D eigenvalue weighted by Crippen LogP contribution is -2.17. The van der Waals surface area contributed by atoms with E-state index in [1.165, 1.54) is 19.3 Å². The van der Waals surface area contributed by atoms with E-state index in [1.807, 2.05) is 0 Å². The Morgan fingerprint density at radius 3 is 3.08 bits per heavy atom. The van der Waals surface area contributed by atoms with Gasteiger partial charge in [0.05, 0.1) is 12.7 Å². The van der Waals surface area contributed by atoms with Crippen LogP contribution < -0.4 is 0 Å². The van der Waals surface area contributed by atoms with Gasteiger partial charge in [0.15, 0.2) is 0 Å². The highest BCUT2D eigenvalue weighted by atomic mass is 16.5. The molecule has 0 amide bonds. The molecule has 0 aromatic rings. The zero-order valence-corrected chi connectivity index (χ0v) is 7.28. The van der Waals surface area contributed by atoms with Gasteiger partial charge in [-0.05, 0) is 42.9 Å². The van der Waals surface area contributed by atoms with E-state index in [-0.39, 0.29) is 0 Å². The molecule has 1 saturated heterocycles. The van der Waals surface area contributed by atoms with Crippen LogP contribution in [0, 0.1) is 23.7 Å². The second-order valence-electron chi connectivity index (χ2n) is 4.63. The van der Waals surface area contributed by atoms with E-state index in [0.717, 1.165) is 24.4 Å². The lowest BCUT2D eigenvalue weighted by Gasteiger charge is -2.15. The van der Waals surface area contributed by atoms with E-state index < -0.39 is 0 Å². The van der Waals surface area contributed by atoms with Crippen LogP contribution in [0.2, 0.25) is 0 Å². The first-order valence-electron chi connectivity index (χ1n) is 5.12. The molecule has 5 atom stereocenters. The Morgan fingerprint density at radius 1 is 1.33 bits per heavy atom. The van der Waals surface area contributed by atoms with Crippen molar-refractivity contribution in [1.82, 2.24) is 0 Å². The largest absolute Gasteiger partial charge is 0.396 e. The zero-order valence-electron chi connectivity index (χ0n) is 7.28. The molecule has 68 valence electrons. The van der Waals surface area contributed by atoms with Crippen molar-refractivity contribution in [1.29, 1.82) is 0 Å². The van der Waals surface area contributed by atoms with Gasteiger partial charge in [0.1, 0.15) is 0 Å². The predicted molar refractivity (Wildman–Crippen MR) is 44.6 cm³/mol. The average molecular weight is 168 g/mol. The fourth-order valence-electron chi connectivity index (χ4n) is 3.77. The van der Waals surface area contributed by atoms with Gasteiger partial charge in [0.25, 0.3) is 0 Å². The number of rotatable bonds is 1. The summed E-state index contributed by atoms with van der Waals surface area (Å²) in [6.45, 7) is 1.38. The minimum atomic E-state index is 0.407. The van der Waals surface area contributed by atoms with Gasteiger partial charge < -0.3 is 9.84 Å². The molecule has 3 rings (SSSR count). The second-order valence-corrected chi connectivity index (χ2v) is 4.63. The third-order valence-electron chi connectivity index (χ3n) is 4.22. The molecule has 0 unspecified atom stereocenters. The van der Waals surface area contributed by atoms with Crippen molar-refractivity contribution in [3.05, 3.63) is 0 Å². The Kier molecular flexibility index (Phi) is 1.50. The Bertz CT molecular complexity index is 192. The first-order chi connectivity index (χ1) is 5.90. The van der Waals surface area contributed by atoms with Crippen LogP contribution in [0.15, 0.2) is 0 Å². The third kappa shape index (κ3) is 0.775. The molecule has 0 bridgehead atoms. The minimum absolute atomic E-state index is 0.407. The van der Waals surface area contributed by atoms with E-state index in [1.54, 1.807) is 0 Å². The highest BCUT2D eigenvalue weighted by Crippen LogP contribution is 2.55. The molecule has 0 aromatic heterocycles. The number of aliphatic hydroxyl groups excluding tert-OH is 1. The third-order valence-corrected chi connectivity index (χ3v) is 4.22. The van der Waals surface area contributed by atoms with E-state index in [0.29, 0.717) is 18.6 Å². The molecule has 1 N–H and O–H groups in total. The molecule has 3 fully saturated rings. The lowest BCUT2D eigenvalue weighted by atomic mass is 9.91. The van der Waals surface area contributed by atoms with Crippen LogP contribution in [0.25, 0.3) is 0 Å². The van der Waals surface area contributed by atoms with Gasteiger partial charge >= 0.3 is 0 Å². The summed E-state index contributed by atoms with van der Waals surface area (Å²) in [5, 5.41) is 9.20. The molecule has 2 heteroatoms. The number of ether oxygens (including phenoxy) is 1. The Balaban J connectivity index is 1.86. The predicted octanol–water partition coefficient (Wildman–Crippen LogP) is 1.04. The van der Waals surface area contributed by atoms with Crippen molar-refractivity contribution in [3.8, 4) is 0 Å². The van der Waals surface area contributed by atoms with Crippen molar-refractivity contribution in [2.45, 2.75) is 25.4 Å². The summed E-state index contributed by atoms with van der Waals surface area (Å²) in [6, 6.07) is 0. The van der Waals surface area contributed by atoms with Crippen LogP contribution in [0.4, 0.5) is 0 Å². The van der Waals surface area contributed by atoms with Gasteiger partial charge in [0.2, 0.25) is 0 Å². The van der Waals surface area contributed by atoms with Crippen LogP contribution in [0.3, 0.4) is 0 Å². The molecule has 2 saturated carbocycles. The van der Waals surface area contributed by atoms with Crippen LogP contribution in [0.5, 0.6) is 0 Å². The number of hydrogen-bond acceptors (Lipinski definition) is 2. The van der Waals surface area contributed by atoms with E-state index >= 15 is 0 Å². The maximum absolute atomic E-state index is 9.20. The van der Waals surface area contributed by atoms with Crippen molar-refractivity contribution >= 4 is 0 Å². The molecule has 0 radical (unpaired) electrons. The lowest BCUT2D eigenvalue weighted by molar-refractivity contribution is 0.0875. The molecule has 3 aliphatic rings. The van der Waals surface area contributed by atoms with Crippen LogP contribution in [-0.4, -0.2) is 24.4 Å². The maximum Gasteiger partial charge on any atom is 0.0609 e. The van der Waals surface area contributed by atoms with Gasteiger partial charge in [-0.2, -0.15) is 0 Å². The molecular weight excluding hydrogens is 152 g/mol. The van der Waals surface area contributed by atoms with Crippen molar-refractivity contribution in [2.24, 2.45) is 23.7 Å². The molecule has 1 aliphatic heterocycles. The molecular formula is C10H16O2. The molecule has 0 aromatic carbocycles. The smallest absolute Gasteiger partial charge is 0.0609 e. The fourth-order valence-corrected chi connectivity index (χ4v) is 3.77. The summed E-state index contributed by atoms with van der Waals surface area (Å²) in [6.07, 6.45) is 4.35. The van der Waals surface area contributed by atoms with Gasteiger partial charge in [-0.3, -0.25) is 0 Å². The standard InChI is InChI=1S/C10H16O2/c11-4-6-3-7-5-12-9-2-1-8(6)10(7)9/h6-11H,1-5H2/t6-,7+,8+,9+,10-/m0/s1. The second kappa shape index (κ2) is 2.46. The normalized spacial score (nSPS) is 56.2. The highest BCUT2D eigenvalue weighted by Gasteiger charge is 2.53. The van der Waals surface area contributed by atoms with Gasteiger partial charge in [-0.25, -0.2) is 0 Å². The summed E-state index contributed by atoms with van der Waals surface area (Å²) >= 11 is 0. The van der Waals surface area contributed by atoms with Gasteiger partial charge in [0, 0.05) is 6.61 Å². The zero-order chi connectivity index (χ0) is 8.13. The Morgan fingerprint density at radius 2 is 2.25 bits per heavy atom. The topological polar surface area (TPSA) is 29.5 Å². The average Bonchev–Trinajstić information content (AvgIpc) is 2.72. The van der Waals surface area contributed by atoms with Crippen molar-refractivity contribution < 1.29 is 9.84 Å². The molecule has 1 heterocycles. The Labute approximate surface area is 72.9 Å². The highest BCUT2D eigenvalue weighted by molar-refractivity contribution is 5.02. The van der Waals surface area contributed by atoms with Crippen LogP contribution in [0.1, 0.15) is 19.3 Å². The molecule has 2 aliphatic carbocycles. The number of aliphatic hydroxyl groups is 1. The van der Waals surface area contributed by atoms with E-state index in [4.69, 9.17) is 4.74 Å². The van der Waals surface area contributed by atoms with Crippen LogP contribution >= 0.6 is 0 Å². The van der Waals surface area contributed by atoms with Gasteiger partial charge in [-0.15, -0.1) is 0 Å². The molecule has 12 heavy (non-hydrogen) atoms. The Hall–Kier alpha value is -0.0800. The quantitative estimate of drug-likeness (QED) is 0.634. The SMILES string of the molecule is OC[C@@H]1C[C@@H]2CO[C@@H]3CC[C@H]1[C@H]23. The van der Waals surface area contributed by atoms with E-state index in [9.17, 15) is 5.11 Å². The molecule has 0 spiro atoms. The fraction of sp³-hybridized carbons (Fsp3) is 1.00. The van der Waals surface area contributed by atoms with Crippen LogP contribution in [-0.2, 0) is 4.74 Å². The molecule has 2 nitrogen and oxygen atoms in total. The summed E-state index contributed by atoms with van der Waals surface area (Å²) in [5.41, 5.74) is 0. The number of hydrogen-bond donors (Lipinski definition) is 1. The first kappa shape index (κ1) is 7.34. The monoisotopic (exact) mass is 168 g/mol. The summed E-state index contributed by atoms with van der Waals surface area (Å²) in [7, 11) is 0. The van der Waals surface area contributed by atoms with Crippen molar-refractivity contribution in [3.63, 3.8) is 0 Å².